The Balaban J connectivity index is 2.47. The van der Waals surface area contributed by atoms with E-state index in [1.54, 1.807) is 20.8 Å². The van der Waals surface area contributed by atoms with Crippen molar-refractivity contribution in [1.29, 1.82) is 0 Å². The second-order valence-electron chi connectivity index (χ2n) is 5.54. The van der Waals surface area contributed by atoms with E-state index in [4.69, 9.17) is 9.84 Å². The monoisotopic (exact) mass is 243 g/mol. The second-order valence-corrected chi connectivity index (χ2v) is 5.54. The molecule has 1 fully saturated rings. The lowest BCUT2D eigenvalue weighted by Gasteiger charge is -2.33. The average molecular weight is 243 g/mol. The molecule has 0 aromatic carbocycles. The van der Waals surface area contributed by atoms with Crippen LogP contribution in [0.2, 0.25) is 0 Å². The number of carboxylic acid groups (broad SMARTS) is 1. The van der Waals surface area contributed by atoms with E-state index in [-0.39, 0.29) is 18.4 Å². The SMILES string of the molecule is CC(C)(C)OC(=O)N[C@@H](CC(=O)O)C1CCC1. The molecule has 0 aromatic rings. The van der Waals surface area contributed by atoms with E-state index >= 15 is 0 Å². The van der Waals surface area contributed by atoms with Crippen molar-refractivity contribution in [2.75, 3.05) is 0 Å². The van der Waals surface area contributed by atoms with Crippen LogP contribution in [0.15, 0.2) is 0 Å². The highest BCUT2D eigenvalue weighted by Gasteiger charge is 2.31. The van der Waals surface area contributed by atoms with Gasteiger partial charge in [0, 0.05) is 6.04 Å². The van der Waals surface area contributed by atoms with E-state index in [1.165, 1.54) is 0 Å². The summed E-state index contributed by atoms with van der Waals surface area (Å²) < 4.78 is 5.13. The fraction of sp³-hybridized carbons (Fsp3) is 0.833. The number of ether oxygens (including phenoxy) is 1. The van der Waals surface area contributed by atoms with Crippen molar-refractivity contribution in [1.82, 2.24) is 5.32 Å². The number of carbonyl (C=O) groups excluding carboxylic acids is 1. The maximum absolute atomic E-state index is 11.6. The van der Waals surface area contributed by atoms with Crippen molar-refractivity contribution in [2.24, 2.45) is 5.92 Å². The first-order chi connectivity index (χ1) is 7.78. The van der Waals surface area contributed by atoms with E-state index < -0.39 is 17.7 Å². The molecule has 0 bridgehead atoms. The minimum Gasteiger partial charge on any atom is -0.481 e. The summed E-state index contributed by atoms with van der Waals surface area (Å²) in [4.78, 5) is 22.3. The minimum absolute atomic E-state index is 0.0378. The fourth-order valence-electron chi connectivity index (χ4n) is 1.82. The third-order valence-corrected chi connectivity index (χ3v) is 2.82. The summed E-state index contributed by atoms with van der Waals surface area (Å²) in [6.07, 6.45) is 2.50. The number of hydrogen-bond acceptors (Lipinski definition) is 3. The van der Waals surface area contributed by atoms with E-state index in [1.807, 2.05) is 0 Å². The molecule has 1 atom stereocenters. The Kier molecular flexibility index (Phi) is 4.37. The van der Waals surface area contributed by atoms with Gasteiger partial charge in [-0.2, -0.15) is 0 Å². The van der Waals surface area contributed by atoms with Crippen LogP contribution in [0, 0.1) is 5.92 Å². The molecule has 0 radical (unpaired) electrons. The lowest BCUT2D eigenvalue weighted by Crippen LogP contribution is -2.46. The molecule has 0 unspecified atom stereocenters. The van der Waals surface area contributed by atoms with Crippen molar-refractivity contribution in [3.8, 4) is 0 Å². The molecule has 5 heteroatoms. The molecule has 0 aliphatic heterocycles. The zero-order valence-electron chi connectivity index (χ0n) is 10.7. The second kappa shape index (κ2) is 5.38. The normalized spacial score (nSPS) is 18.1. The van der Waals surface area contributed by atoms with Crippen LogP contribution in [0.5, 0.6) is 0 Å². The third kappa shape index (κ3) is 5.06. The van der Waals surface area contributed by atoms with Gasteiger partial charge in [0.2, 0.25) is 0 Å². The highest BCUT2D eigenvalue weighted by molar-refractivity contribution is 5.71. The van der Waals surface area contributed by atoms with Gasteiger partial charge < -0.3 is 15.2 Å². The van der Waals surface area contributed by atoms with Gasteiger partial charge in [0.1, 0.15) is 5.60 Å². The zero-order valence-corrected chi connectivity index (χ0v) is 10.7. The molecule has 1 rings (SSSR count). The van der Waals surface area contributed by atoms with Crippen molar-refractivity contribution in [3.63, 3.8) is 0 Å². The molecule has 98 valence electrons. The molecule has 17 heavy (non-hydrogen) atoms. The van der Waals surface area contributed by atoms with Crippen LogP contribution < -0.4 is 5.32 Å². The number of nitrogens with one attached hydrogen (secondary N) is 1. The summed E-state index contributed by atoms with van der Waals surface area (Å²) in [5.74, 6) is -0.614. The van der Waals surface area contributed by atoms with Gasteiger partial charge >= 0.3 is 12.1 Å². The molecule has 0 heterocycles. The number of aliphatic carboxylic acids is 1. The molecule has 1 aliphatic carbocycles. The highest BCUT2D eigenvalue weighted by atomic mass is 16.6. The third-order valence-electron chi connectivity index (χ3n) is 2.82. The van der Waals surface area contributed by atoms with Crippen LogP contribution in [-0.2, 0) is 9.53 Å². The largest absolute Gasteiger partial charge is 0.481 e. The van der Waals surface area contributed by atoms with Gasteiger partial charge in [-0.15, -0.1) is 0 Å². The van der Waals surface area contributed by atoms with Crippen LogP contribution in [-0.4, -0.2) is 28.8 Å². The lowest BCUT2D eigenvalue weighted by atomic mass is 9.78. The molecule has 0 aromatic heterocycles. The predicted octanol–water partition coefficient (Wildman–Crippen LogP) is 2.15. The Bertz CT molecular complexity index is 291. The summed E-state index contributed by atoms with van der Waals surface area (Å²) in [5, 5.41) is 11.5. The van der Waals surface area contributed by atoms with Crippen LogP contribution >= 0.6 is 0 Å². The molecule has 5 nitrogen and oxygen atoms in total. The summed E-state index contributed by atoms with van der Waals surface area (Å²) in [7, 11) is 0. The number of carbonyl (C=O) groups is 2. The molecular weight excluding hydrogens is 222 g/mol. The Labute approximate surface area is 102 Å². The number of carboxylic acids is 1. The van der Waals surface area contributed by atoms with E-state index in [0.29, 0.717) is 0 Å². The van der Waals surface area contributed by atoms with Crippen LogP contribution in [0.1, 0.15) is 46.5 Å². The maximum Gasteiger partial charge on any atom is 0.407 e. The van der Waals surface area contributed by atoms with E-state index in [9.17, 15) is 9.59 Å². The number of amides is 1. The topological polar surface area (TPSA) is 75.6 Å². The molecule has 1 saturated carbocycles. The van der Waals surface area contributed by atoms with Gasteiger partial charge in [-0.25, -0.2) is 4.79 Å². The molecule has 1 aliphatic rings. The first kappa shape index (κ1) is 13.8. The Hall–Kier alpha value is -1.26. The van der Waals surface area contributed by atoms with Crippen molar-refractivity contribution in [2.45, 2.75) is 58.1 Å². The molecule has 2 N–H and O–H groups in total. The van der Waals surface area contributed by atoms with Gasteiger partial charge in [-0.1, -0.05) is 6.42 Å². The summed E-state index contributed by atoms with van der Waals surface area (Å²) in [5.41, 5.74) is -0.558. The highest BCUT2D eigenvalue weighted by Crippen LogP contribution is 2.31. The van der Waals surface area contributed by atoms with Gasteiger partial charge in [0.05, 0.1) is 6.42 Å². The lowest BCUT2D eigenvalue weighted by molar-refractivity contribution is -0.138. The summed E-state index contributed by atoms with van der Waals surface area (Å²) in [6.45, 7) is 5.34. The minimum atomic E-state index is -0.891. The number of hydrogen-bond donors (Lipinski definition) is 2. The Morgan fingerprint density at radius 1 is 1.41 bits per heavy atom. The smallest absolute Gasteiger partial charge is 0.407 e. The van der Waals surface area contributed by atoms with Crippen LogP contribution in [0.4, 0.5) is 4.79 Å². The molecule has 0 spiro atoms. The van der Waals surface area contributed by atoms with E-state index in [2.05, 4.69) is 5.32 Å². The van der Waals surface area contributed by atoms with E-state index in [0.717, 1.165) is 19.3 Å². The molecule has 0 saturated heterocycles. The standard InChI is InChI=1S/C12H21NO4/c1-12(2,3)17-11(16)13-9(7-10(14)15)8-5-4-6-8/h8-9H,4-7H2,1-3H3,(H,13,16)(H,14,15)/t9-/m0/s1. The maximum atomic E-state index is 11.6. The zero-order chi connectivity index (χ0) is 13.1. The molecule has 1 amide bonds. The van der Waals surface area contributed by atoms with Crippen LogP contribution in [0.25, 0.3) is 0 Å². The molecular formula is C12H21NO4. The van der Waals surface area contributed by atoms with Gasteiger partial charge in [0.15, 0.2) is 0 Å². The Morgan fingerprint density at radius 3 is 2.35 bits per heavy atom. The first-order valence-electron chi connectivity index (χ1n) is 5.99. The van der Waals surface area contributed by atoms with Gasteiger partial charge in [-0.3, -0.25) is 4.79 Å². The predicted molar refractivity (Wildman–Crippen MR) is 62.8 cm³/mol. The van der Waals surface area contributed by atoms with Crippen molar-refractivity contribution in [3.05, 3.63) is 0 Å². The summed E-state index contributed by atoms with van der Waals surface area (Å²) >= 11 is 0. The average Bonchev–Trinajstić information content (AvgIpc) is 1.93. The first-order valence-corrected chi connectivity index (χ1v) is 5.99. The van der Waals surface area contributed by atoms with Crippen molar-refractivity contribution >= 4 is 12.1 Å². The van der Waals surface area contributed by atoms with Gasteiger partial charge in [-0.05, 0) is 39.5 Å². The number of rotatable bonds is 4. The fourth-order valence-corrected chi connectivity index (χ4v) is 1.82. The van der Waals surface area contributed by atoms with Gasteiger partial charge in [0.25, 0.3) is 0 Å². The van der Waals surface area contributed by atoms with Crippen LogP contribution in [0.3, 0.4) is 0 Å². The summed E-state index contributed by atoms with van der Waals surface area (Å²) in [6, 6.07) is -0.309. The Morgan fingerprint density at radius 2 is 2.00 bits per heavy atom. The van der Waals surface area contributed by atoms with Crippen molar-refractivity contribution < 1.29 is 19.4 Å². The quantitative estimate of drug-likeness (QED) is 0.793. The number of alkyl carbamates (subject to hydrolysis) is 1.